The Bertz CT molecular complexity index is 446. The number of alkyl halides is 1. The summed E-state index contributed by atoms with van der Waals surface area (Å²) in [5.74, 6) is -0.205. The van der Waals surface area contributed by atoms with E-state index in [0.717, 1.165) is 10.0 Å². The summed E-state index contributed by atoms with van der Waals surface area (Å²) >= 11 is 7.06. The number of hydrogen-bond acceptors (Lipinski definition) is 3. The first-order chi connectivity index (χ1) is 9.36. The van der Waals surface area contributed by atoms with Gasteiger partial charge in [0.25, 0.3) is 0 Å². The van der Waals surface area contributed by atoms with E-state index in [1.807, 2.05) is 32.0 Å². The Morgan fingerprint density at radius 3 is 2.70 bits per heavy atom. The maximum Gasteiger partial charge on any atom is 0.311 e. The van der Waals surface area contributed by atoms with Crippen LogP contribution in [0.2, 0.25) is 0 Å². The molecule has 0 saturated carbocycles. The summed E-state index contributed by atoms with van der Waals surface area (Å²) in [6.45, 7) is 4.82. The Balaban J connectivity index is 2.36. The van der Waals surface area contributed by atoms with Gasteiger partial charge in [-0.1, -0.05) is 44.0 Å². The zero-order valence-electron chi connectivity index (χ0n) is 12.0. The fraction of sp³-hybridized carbons (Fsp3) is 0.533. The number of halogens is 2. The molecule has 0 aliphatic heterocycles. The average Bonchev–Trinajstić information content (AvgIpc) is 2.42. The van der Waals surface area contributed by atoms with Crippen molar-refractivity contribution in [3.05, 3.63) is 34.3 Å². The minimum atomic E-state index is -0.508. The van der Waals surface area contributed by atoms with E-state index in [0.29, 0.717) is 19.6 Å². The van der Waals surface area contributed by atoms with Gasteiger partial charge in [-0.15, -0.1) is 0 Å². The van der Waals surface area contributed by atoms with Gasteiger partial charge < -0.3 is 9.47 Å². The van der Waals surface area contributed by atoms with Crippen molar-refractivity contribution in [3.8, 4) is 0 Å². The molecule has 0 amide bonds. The number of hydrogen-bond donors (Lipinski definition) is 0. The summed E-state index contributed by atoms with van der Waals surface area (Å²) in [6, 6.07) is 8.09. The Morgan fingerprint density at radius 2 is 2.10 bits per heavy atom. The summed E-state index contributed by atoms with van der Waals surface area (Å²) in [4.78, 5) is 11.7. The number of carbonyl (C=O) groups is 1. The Hall–Kier alpha value is -0.390. The summed E-state index contributed by atoms with van der Waals surface area (Å²) in [6.07, 6.45) is 0.637. The average molecular weight is 408 g/mol. The molecule has 0 aliphatic rings. The van der Waals surface area contributed by atoms with E-state index in [1.165, 1.54) is 7.11 Å². The zero-order valence-corrected chi connectivity index (χ0v) is 15.2. The lowest BCUT2D eigenvalue weighted by molar-refractivity contribution is -0.151. The smallest absolute Gasteiger partial charge is 0.311 e. The lowest BCUT2D eigenvalue weighted by Gasteiger charge is -2.21. The van der Waals surface area contributed by atoms with Crippen LogP contribution in [-0.4, -0.2) is 26.3 Å². The van der Waals surface area contributed by atoms with Crippen LogP contribution in [0.15, 0.2) is 28.7 Å². The predicted octanol–water partition coefficient (Wildman–Crippen LogP) is 4.49. The number of benzene rings is 1. The Kier molecular flexibility index (Phi) is 7.20. The molecule has 0 spiro atoms. The molecule has 1 aromatic rings. The second kappa shape index (κ2) is 8.15. The quantitative estimate of drug-likeness (QED) is 0.379. The van der Waals surface area contributed by atoms with Gasteiger partial charge in [0.15, 0.2) is 0 Å². The maximum absolute atomic E-state index is 11.5. The Morgan fingerprint density at radius 1 is 1.40 bits per heavy atom. The summed E-state index contributed by atoms with van der Waals surface area (Å²) in [5, 5.41) is 0. The minimum Gasteiger partial charge on any atom is -0.469 e. The predicted molar refractivity (Wildman–Crippen MR) is 87.0 cm³/mol. The van der Waals surface area contributed by atoms with Crippen LogP contribution in [-0.2, 0) is 14.3 Å². The van der Waals surface area contributed by atoms with Crippen LogP contribution in [0, 0.1) is 5.41 Å². The summed E-state index contributed by atoms with van der Waals surface area (Å²) < 4.78 is 11.5. The molecule has 112 valence electrons. The van der Waals surface area contributed by atoms with Crippen LogP contribution >= 0.6 is 31.9 Å². The first kappa shape index (κ1) is 17.7. The van der Waals surface area contributed by atoms with Crippen LogP contribution in [0.1, 0.15) is 30.7 Å². The highest BCUT2D eigenvalue weighted by Gasteiger charge is 2.28. The molecule has 0 radical (unpaired) electrons. The molecular formula is C15H20Br2O3. The van der Waals surface area contributed by atoms with E-state index in [9.17, 15) is 4.79 Å². The van der Waals surface area contributed by atoms with Gasteiger partial charge >= 0.3 is 5.97 Å². The largest absolute Gasteiger partial charge is 0.469 e. The molecular weight excluding hydrogens is 388 g/mol. The van der Waals surface area contributed by atoms with E-state index >= 15 is 0 Å². The third-order valence-corrected chi connectivity index (χ3v) is 4.37. The van der Waals surface area contributed by atoms with Gasteiger partial charge in [-0.3, -0.25) is 4.79 Å². The van der Waals surface area contributed by atoms with Crippen molar-refractivity contribution < 1.29 is 14.3 Å². The van der Waals surface area contributed by atoms with Gasteiger partial charge in [-0.25, -0.2) is 0 Å². The SMILES string of the molecule is COC(=O)C(C)(C)CCOCC(Br)c1cccc(Br)c1. The highest BCUT2D eigenvalue weighted by Crippen LogP contribution is 2.26. The highest BCUT2D eigenvalue weighted by molar-refractivity contribution is 9.10. The van der Waals surface area contributed by atoms with Gasteiger partial charge in [0.05, 0.1) is 24.0 Å². The number of esters is 1. The maximum atomic E-state index is 11.5. The Labute approximate surface area is 137 Å². The molecule has 0 aliphatic carbocycles. The molecule has 20 heavy (non-hydrogen) atoms. The second-order valence-corrected chi connectivity index (χ2v) is 7.24. The third kappa shape index (κ3) is 5.54. The highest BCUT2D eigenvalue weighted by atomic mass is 79.9. The molecule has 1 unspecified atom stereocenters. The second-order valence-electron chi connectivity index (χ2n) is 5.22. The first-order valence-corrected chi connectivity index (χ1v) is 8.13. The standard InChI is InChI=1S/C15H20Br2O3/c1-15(2,14(18)19-3)7-8-20-10-13(17)11-5-4-6-12(16)9-11/h4-6,9,13H,7-8,10H2,1-3H3. The van der Waals surface area contributed by atoms with Crippen LogP contribution in [0.4, 0.5) is 0 Å². The molecule has 0 N–H and O–H groups in total. The molecule has 0 saturated heterocycles. The van der Waals surface area contributed by atoms with Gasteiger partial charge in [0.1, 0.15) is 0 Å². The van der Waals surface area contributed by atoms with Crippen molar-refractivity contribution in [2.75, 3.05) is 20.3 Å². The third-order valence-electron chi connectivity index (χ3n) is 3.08. The van der Waals surface area contributed by atoms with Crippen LogP contribution in [0.5, 0.6) is 0 Å². The monoisotopic (exact) mass is 406 g/mol. The molecule has 1 atom stereocenters. The molecule has 0 aromatic heterocycles. The topological polar surface area (TPSA) is 35.5 Å². The van der Waals surface area contributed by atoms with Crippen molar-refractivity contribution in [2.45, 2.75) is 25.1 Å². The summed E-state index contributed by atoms with van der Waals surface area (Å²) in [7, 11) is 1.41. The van der Waals surface area contributed by atoms with Gasteiger partial charge in [0, 0.05) is 11.1 Å². The molecule has 0 heterocycles. The van der Waals surface area contributed by atoms with E-state index in [-0.39, 0.29) is 10.8 Å². The van der Waals surface area contributed by atoms with E-state index in [1.54, 1.807) is 0 Å². The number of methoxy groups -OCH3 is 1. The molecule has 0 fully saturated rings. The van der Waals surface area contributed by atoms with Crippen molar-refractivity contribution in [1.82, 2.24) is 0 Å². The molecule has 3 nitrogen and oxygen atoms in total. The molecule has 1 rings (SSSR count). The van der Waals surface area contributed by atoms with Gasteiger partial charge in [-0.2, -0.15) is 0 Å². The van der Waals surface area contributed by atoms with Crippen LogP contribution in [0.25, 0.3) is 0 Å². The fourth-order valence-electron chi connectivity index (χ4n) is 1.69. The van der Waals surface area contributed by atoms with Gasteiger partial charge in [-0.05, 0) is 38.0 Å². The van der Waals surface area contributed by atoms with Crippen molar-refractivity contribution in [1.29, 1.82) is 0 Å². The lowest BCUT2D eigenvalue weighted by Crippen LogP contribution is -2.27. The molecule has 5 heteroatoms. The van der Waals surface area contributed by atoms with E-state index < -0.39 is 5.41 Å². The van der Waals surface area contributed by atoms with Crippen LogP contribution in [0.3, 0.4) is 0 Å². The first-order valence-electron chi connectivity index (χ1n) is 6.42. The van der Waals surface area contributed by atoms with E-state index in [2.05, 4.69) is 37.9 Å². The summed E-state index contributed by atoms with van der Waals surface area (Å²) in [5.41, 5.74) is 0.651. The number of carbonyl (C=O) groups excluding carboxylic acids is 1. The van der Waals surface area contributed by atoms with Gasteiger partial charge in [0.2, 0.25) is 0 Å². The molecule has 0 bridgehead atoms. The number of rotatable bonds is 7. The van der Waals surface area contributed by atoms with Crippen molar-refractivity contribution >= 4 is 37.8 Å². The van der Waals surface area contributed by atoms with Crippen molar-refractivity contribution in [3.63, 3.8) is 0 Å². The lowest BCUT2D eigenvalue weighted by atomic mass is 9.90. The fourth-order valence-corrected chi connectivity index (χ4v) is 2.58. The normalized spacial score (nSPS) is 13.1. The zero-order chi connectivity index (χ0) is 15.2. The number of ether oxygens (including phenoxy) is 2. The van der Waals surface area contributed by atoms with Crippen molar-refractivity contribution in [2.24, 2.45) is 5.41 Å². The minimum absolute atomic E-state index is 0.140. The molecule has 1 aromatic carbocycles. The van der Waals surface area contributed by atoms with Crippen LogP contribution < -0.4 is 0 Å². The van der Waals surface area contributed by atoms with E-state index in [4.69, 9.17) is 9.47 Å².